The van der Waals surface area contributed by atoms with Crippen LogP contribution in [0.5, 0.6) is 0 Å². The maximum absolute atomic E-state index is 6.18. The molecule has 3 nitrogen and oxygen atoms in total. The van der Waals surface area contributed by atoms with Gasteiger partial charge in [0.15, 0.2) is 0 Å². The summed E-state index contributed by atoms with van der Waals surface area (Å²) in [6.45, 7) is 3.99. The molecule has 0 aliphatic heterocycles. The molecule has 1 heterocycles. The van der Waals surface area contributed by atoms with Gasteiger partial charge in [-0.25, -0.2) is 9.66 Å². The van der Waals surface area contributed by atoms with E-state index in [0.717, 1.165) is 33.2 Å². The molecule has 0 aliphatic carbocycles. The van der Waals surface area contributed by atoms with Gasteiger partial charge < -0.3 is 0 Å². The third kappa shape index (κ3) is 2.78. The van der Waals surface area contributed by atoms with Crippen molar-refractivity contribution in [3.63, 3.8) is 0 Å². The van der Waals surface area contributed by atoms with Crippen LogP contribution in [0.2, 0.25) is 5.02 Å². The fraction of sp³-hybridized carbons (Fsp3) is 0.118. The van der Waals surface area contributed by atoms with Crippen molar-refractivity contribution in [2.75, 3.05) is 5.43 Å². The van der Waals surface area contributed by atoms with E-state index in [2.05, 4.69) is 22.5 Å². The van der Waals surface area contributed by atoms with Crippen LogP contribution in [-0.4, -0.2) is 9.66 Å². The number of anilines is 1. The van der Waals surface area contributed by atoms with Crippen molar-refractivity contribution in [2.45, 2.75) is 13.8 Å². The second kappa shape index (κ2) is 5.62. The lowest BCUT2D eigenvalue weighted by Crippen LogP contribution is -2.09. The minimum atomic E-state index is 0.748. The number of aromatic nitrogens is 2. The Morgan fingerprint density at radius 3 is 2.52 bits per heavy atom. The highest BCUT2D eigenvalue weighted by atomic mass is 35.5. The highest BCUT2D eigenvalue weighted by Gasteiger charge is 2.10. The van der Waals surface area contributed by atoms with Gasteiger partial charge in [-0.15, -0.1) is 0 Å². The Kier molecular flexibility index (Phi) is 3.67. The summed E-state index contributed by atoms with van der Waals surface area (Å²) in [4.78, 5) is 4.40. The average Bonchev–Trinajstić information content (AvgIpc) is 2.85. The predicted molar refractivity (Wildman–Crippen MR) is 87.6 cm³/mol. The summed E-state index contributed by atoms with van der Waals surface area (Å²) in [5, 5.41) is 0.748. The fourth-order valence-corrected chi connectivity index (χ4v) is 2.45. The standard InChI is InChI=1S/C17H16ClN3/c1-12-8-9-15(10-16(12)18)20-21-11-19-13(2)17(21)14-6-4-3-5-7-14/h3-11,20H,1-2H3. The zero-order valence-electron chi connectivity index (χ0n) is 12.0. The van der Waals surface area contributed by atoms with Crippen molar-refractivity contribution in [3.8, 4) is 11.3 Å². The first-order valence-electron chi connectivity index (χ1n) is 6.77. The van der Waals surface area contributed by atoms with Gasteiger partial charge in [0, 0.05) is 10.6 Å². The molecular formula is C17H16ClN3. The zero-order valence-corrected chi connectivity index (χ0v) is 12.7. The highest BCUT2D eigenvalue weighted by molar-refractivity contribution is 6.31. The molecule has 0 fully saturated rings. The van der Waals surface area contributed by atoms with Crippen LogP contribution in [0.4, 0.5) is 5.69 Å². The van der Waals surface area contributed by atoms with Crippen molar-refractivity contribution in [3.05, 3.63) is 71.1 Å². The number of nitrogens with zero attached hydrogens (tertiary/aromatic N) is 2. The van der Waals surface area contributed by atoms with Gasteiger partial charge in [-0.1, -0.05) is 48.0 Å². The topological polar surface area (TPSA) is 29.9 Å². The zero-order chi connectivity index (χ0) is 14.8. The second-order valence-electron chi connectivity index (χ2n) is 4.99. The lowest BCUT2D eigenvalue weighted by atomic mass is 10.1. The van der Waals surface area contributed by atoms with Gasteiger partial charge in [0.05, 0.1) is 17.1 Å². The number of imidazole rings is 1. The summed E-state index contributed by atoms with van der Waals surface area (Å²) in [5.74, 6) is 0. The van der Waals surface area contributed by atoms with E-state index in [-0.39, 0.29) is 0 Å². The Bertz CT molecular complexity index is 763. The Balaban J connectivity index is 1.98. The summed E-state index contributed by atoms with van der Waals surface area (Å²) in [5.41, 5.74) is 8.47. The van der Waals surface area contributed by atoms with Crippen LogP contribution in [-0.2, 0) is 0 Å². The van der Waals surface area contributed by atoms with Crippen LogP contribution in [0.3, 0.4) is 0 Å². The minimum Gasteiger partial charge on any atom is -0.293 e. The first-order valence-corrected chi connectivity index (χ1v) is 7.15. The number of rotatable bonds is 3. The normalized spacial score (nSPS) is 10.6. The smallest absolute Gasteiger partial charge is 0.115 e. The fourth-order valence-electron chi connectivity index (χ4n) is 2.27. The van der Waals surface area contributed by atoms with Crippen LogP contribution in [0, 0.1) is 13.8 Å². The molecule has 0 spiro atoms. The van der Waals surface area contributed by atoms with E-state index in [0.29, 0.717) is 0 Å². The summed E-state index contributed by atoms with van der Waals surface area (Å²) >= 11 is 6.18. The molecule has 3 rings (SSSR count). The van der Waals surface area contributed by atoms with Crippen LogP contribution in [0.25, 0.3) is 11.3 Å². The Morgan fingerprint density at radius 1 is 1.05 bits per heavy atom. The lowest BCUT2D eigenvalue weighted by Gasteiger charge is -2.13. The van der Waals surface area contributed by atoms with Gasteiger partial charge in [-0.3, -0.25) is 5.43 Å². The molecule has 21 heavy (non-hydrogen) atoms. The first-order chi connectivity index (χ1) is 10.1. The van der Waals surface area contributed by atoms with Gasteiger partial charge in [0.25, 0.3) is 0 Å². The van der Waals surface area contributed by atoms with Gasteiger partial charge in [0.1, 0.15) is 6.33 Å². The number of nitrogens with one attached hydrogen (secondary N) is 1. The van der Waals surface area contributed by atoms with Gasteiger partial charge in [-0.2, -0.15) is 0 Å². The molecule has 0 bridgehead atoms. The minimum absolute atomic E-state index is 0.748. The first kappa shape index (κ1) is 13.7. The Labute approximate surface area is 129 Å². The van der Waals surface area contributed by atoms with Gasteiger partial charge in [0.2, 0.25) is 0 Å². The largest absolute Gasteiger partial charge is 0.293 e. The number of benzene rings is 2. The summed E-state index contributed by atoms with van der Waals surface area (Å²) < 4.78 is 1.92. The van der Waals surface area contributed by atoms with Crippen molar-refractivity contribution < 1.29 is 0 Å². The number of halogens is 1. The molecule has 0 saturated carbocycles. The van der Waals surface area contributed by atoms with Crippen LogP contribution >= 0.6 is 11.6 Å². The third-order valence-electron chi connectivity index (χ3n) is 3.42. The van der Waals surface area contributed by atoms with E-state index >= 15 is 0 Å². The molecule has 0 amide bonds. The highest BCUT2D eigenvalue weighted by Crippen LogP contribution is 2.24. The van der Waals surface area contributed by atoms with Gasteiger partial charge >= 0.3 is 0 Å². The molecule has 3 aromatic rings. The van der Waals surface area contributed by atoms with Crippen molar-refractivity contribution in [1.29, 1.82) is 0 Å². The molecule has 0 unspecified atom stereocenters. The molecule has 2 aromatic carbocycles. The molecule has 0 atom stereocenters. The van der Waals surface area contributed by atoms with Crippen LogP contribution in [0.1, 0.15) is 11.3 Å². The van der Waals surface area contributed by atoms with E-state index < -0.39 is 0 Å². The molecule has 4 heteroatoms. The maximum Gasteiger partial charge on any atom is 0.115 e. The Hall–Kier alpha value is -2.26. The number of hydrogen-bond donors (Lipinski definition) is 1. The monoisotopic (exact) mass is 297 g/mol. The summed E-state index contributed by atoms with van der Waals surface area (Å²) in [7, 11) is 0. The molecule has 0 saturated heterocycles. The van der Waals surface area contributed by atoms with Crippen LogP contribution < -0.4 is 5.43 Å². The van der Waals surface area contributed by atoms with Crippen molar-refractivity contribution in [1.82, 2.24) is 9.66 Å². The van der Waals surface area contributed by atoms with Crippen LogP contribution in [0.15, 0.2) is 54.9 Å². The van der Waals surface area contributed by atoms with E-state index in [4.69, 9.17) is 11.6 Å². The third-order valence-corrected chi connectivity index (χ3v) is 3.83. The van der Waals surface area contributed by atoms with Crippen molar-refractivity contribution in [2.24, 2.45) is 0 Å². The molecule has 1 N–H and O–H groups in total. The van der Waals surface area contributed by atoms with E-state index in [9.17, 15) is 0 Å². The lowest BCUT2D eigenvalue weighted by molar-refractivity contribution is 0.962. The molecule has 0 aliphatic rings. The maximum atomic E-state index is 6.18. The summed E-state index contributed by atoms with van der Waals surface area (Å²) in [6.07, 6.45) is 1.78. The van der Waals surface area contributed by atoms with Gasteiger partial charge in [-0.05, 0) is 31.5 Å². The molecule has 1 aromatic heterocycles. The predicted octanol–water partition coefficient (Wildman–Crippen LogP) is 4.70. The second-order valence-corrected chi connectivity index (χ2v) is 5.40. The molecular weight excluding hydrogens is 282 g/mol. The number of aryl methyl sites for hydroxylation is 2. The number of hydrogen-bond acceptors (Lipinski definition) is 2. The SMILES string of the molecule is Cc1ccc(Nn2cnc(C)c2-c2ccccc2)cc1Cl. The van der Waals surface area contributed by atoms with E-state index in [1.165, 1.54) is 0 Å². The quantitative estimate of drug-likeness (QED) is 0.759. The molecule has 0 radical (unpaired) electrons. The van der Waals surface area contributed by atoms with Crippen molar-refractivity contribution >= 4 is 17.3 Å². The average molecular weight is 298 g/mol. The summed E-state index contributed by atoms with van der Waals surface area (Å²) in [6, 6.07) is 16.1. The Morgan fingerprint density at radius 2 is 1.81 bits per heavy atom. The molecule has 106 valence electrons. The van der Waals surface area contributed by atoms with E-state index in [1.54, 1.807) is 6.33 Å². The van der Waals surface area contributed by atoms with E-state index in [1.807, 2.05) is 54.9 Å².